The van der Waals surface area contributed by atoms with Gasteiger partial charge in [-0.1, -0.05) is 6.07 Å². The Balaban J connectivity index is 1.40. The van der Waals surface area contributed by atoms with Crippen molar-refractivity contribution in [2.24, 2.45) is 0 Å². The van der Waals surface area contributed by atoms with Crippen LogP contribution in [0.15, 0.2) is 59.8 Å². The highest BCUT2D eigenvalue weighted by molar-refractivity contribution is 5.88. The number of fused-ring (bicyclic) bond motifs is 2. The van der Waals surface area contributed by atoms with Gasteiger partial charge in [-0.05, 0) is 49.2 Å². The zero-order chi connectivity index (χ0) is 23.9. The molecule has 1 fully saturated rings. The summed E-state index contributed by atoms with van der Waals surface area (Å²) in [6.45, 7) is 1.09. The standard InChI is InChI=1S/C25H25N7O3/c33-18-6-9-31(10-7-18)22(34)13-27-24-23(16-1-3-19-15(11-16)5-8-26-19)32(25(35)30-24)17-2-4-20-21(12-17)29-14-28-20/h1-5,8,11-12,14,18,26-27,33H,6-7,9-10,13H2,(H,28,29)(H,30,35). The number of carbonyl (C=O) groups is 1. The van der Waals surface area contributed by atoms with E-state index >= 15 is 0 Å². The third-order valence-electron chi connectivity index (χ3n) is 6.62. The van der Waals surface area contributed by atoms with Crippen LogP contribution < -0.4 is 11.0 Å². The lowest BCUT2D eigenvalue weighted by atomic mass is 10.1. The number of amides is 1. The molecule has 10 nitrogen and oxygen atoms in total. The molecule has 2 aromatic carbocycles. The molecule has 3 aromatic heterocycles. The molecule has 178 valence electrons. The maximum atomic E-state index is 13.2. The summed E-state index contributed by atoms with van der Waals surface area (Å²) in [7, 11) is 0. The first-order valence-electron chi connectivity index (χ1n) is 11.6. The Hall–Kier alpha value is -4.31. The number of H-pyrrole nitrogens is 3. The van der Waals surface area contributed by atoms with E-state index in [0.29, 0.717) is 43.1 Å². The first-order chi connectivity index (χ1) is 17.1. The van der Waals surface area contributed by atoms with Crippen molar-refractivity contribution in [1.29, 1.82) is 0 Å². The van der Waals surface area contributed by atoms with Crippen molar-refractivity contribution in [3.63, 3.8) is 0 Å². The molecule has 0 bridgehead atoms. The Labute approximate surface area is 199 Å². The van der Waals surface area contributed by atoms with E-state index in [1.165, 1.54) is 0 Å². The predicted octanol–water partition coefficient (Wildman–Crippen LogP) is 2.59. The Morgan fingerprint density at radius 2 is 1.94 bits per heavy atom. The molecule has 0 radical (unpaired) electrons. The van der Waals surface area contributed by atoms with E-state index < -0.39 is 0 Å². The number of likely N-dealkylation sites (tertiary alicyclic amines) is 1. The van der Waals surface area contributed by atoms with Crippen LogP contribution in [0.2, 0.25) is 0 Å². The van der Waals surface area contributed by atoms with Gasteiger partial charge in [-0.25, -0.2) is 9.78 Å². The highest BCUT2D eigenvalue weighted by Gasteiger charge is 2.23. The van der Waals surface area contributed by atoms with Gasteiger partial charge in [-0.2, -0.15) is 0 Å². The quantitative estimate of drug-likeness (QED) is 0.269. The van der Waals surface area contributed by atoms with Gasteiger partial charge in [0.15, 0.2) is 0 Å². The number of imidazole rings is 2. The normalized spacial score (nSPS) is 14.7. The summed E-state index contributed by atoms with van der Waals surface area (Å²) < 4.78 is 1.61. The van der Waals surface area contributed by atoms with Crippen LogP contribution in [0.25, 0.3) is 38.9 Å². The maximum absolute atomic E-state index is 13.2. The van der Waals surface area contributed by atoms with Crippen LogP contribution in [0, 0.1) is 0 Å². The molecule has 0 saturated carbocycles. The largest absolute Gasteiger partial charge is 0.393 e. The molecule has 1 saturated heterocycles. The van der Waals surface area contributed by atoms with Crippen LogP contribution >= 0.6 is 0 Å². The number of nitrogens with zero attached hydrogens (tertiary/aromatic N) is 3. The zero-order valence-electron chi connectivity index (χ0n) is 18.9. The molecule has 35 heavy (non-hydrogen) atoms. The first-order valence-corrected chi connectivity index (χ1v) is 11.6. The van der Waals surface area contributed by atoms with Gasteiger partial charge in [0.2, 0.25) is 5.91 Å². The topological polar surface area (TPSA) is 135 Å². The summed E-state index contributed by atoms with van der Waals surface area (Å²) in [6.07, 6.45) is 4.30. The fraction of sp³-hybridized carbons (Fsp3) is 0.240. The van der Waals surface area contributed by atoms with E-state index in [2.05, 4.69) is 25.3 Å². The Bertz CT molecular complexity index is 1580. The van der Waals surface area contributed by atoms with Gasteiger partial charge in [0, 0.05) is 35.8 Å². The molecule has 1 aliphatic heterocycles. The van der Waals surface area contributed by atoms with Crippen LogP contribution in [-0.2, 0) is 4.79 Å². The Kier molecular flexibility index (Phi) is 5.14. The van der Waals surface area contributed by atoms with Gasteiger partial charge in [0.05, 0.1) is 41.4 Å². The number of carbonyl (C=O) groups excluding carboxylic acids is 1. The van der Waals surface area contributed by atoms with E-state index in [1.54, 1.807) is 15.8 Å². The highest BCUT2D eigenvalue weighted by atomic mass is 16.3. The minimum absolute atomic E-state index is 0.0367. The molecular weight excluding hydrogens is 446 g/mol. The second kappa shape index (κ2) is 8.48. The molecule has 0 aliphatic carbocycles. The second-order valence-electron chi connectivity index (χ2n) is 8.84. The molecule has 0 spiro atoms. The van der Waals surface area contributed by atoms with Gasteiger partial charge in [0.1, 0.15) is 5.82 Å². The molecule has 10 heteroatoms. The van der Waals surface area contributed by atoms with Crippen molar-refractivity contribution < 1.29 is 9.90 Å². The summed E-state index contributed by atoms with van der Waals surface area (Å²) in [5.74, 6) is 0.399. The summed E-state index contributed by atoms with van der Waals surface area (Å²) in [5.41, 5.74) is 4.45. The molecule has 5 N–H and O–H groups in total. The average molecular weight is 472 g/mol. The molecule has 1 aliphatic rings. The third kappa shape index (κ3) is 3.87. The number of rotatable bonds is 5. The smallest absolute Gasteiger partial charge is 0.332 e. The van der Waals surface area contributed by atoms with E-state index in [9.17, 15) is 14.7 Å². The number of aliphatic hydroxyl groups excluding tert-OH is 1. The summed E-state index contributed by atoms with van der Waals surface area (Å²) in [4.78, 5) is 41.2. The fourth-order valence-corrected chi connectivity index (χ4v) is 4.74. The fourth-order valence-electron chi connectivity index (χ4n) is 4.74. The number of hydrogen-bond acceptors (Lipinski definition) is 5. The minimum Gasteiger partial charge on any atom is -0.393 e. The van der Waals surface area contributed by atoms with Gasteiger partial charge < -0.3 is 25.3 Å². The summed E-state index contributed by atoms with van der Waals surface area (Å²) in [5, 5.41) is 13.9. The minimum atomic E-state index is -0.348. The number of piperidine rings is 1. The van der Waals surface area contributed by atoms with E-state index in [-0.39, 0.29) is 24.2 Å². The lowest BCUT2D eigenvalue weighted by molar-refractivity contribution is -0.131. The molecule has 4 heterocycles. The number of aliphatic hydroxyl groups is 1. The SMILES string of the molecule is O=C(CNc1[nH]c(=O)n(-c2ccc3nc[nH]c3c2)c1-c1ccc2[nH]ccc2c1)N1CCC(O)CC1. The van der Waals surface area contributed by atoms with Crippen molar-refractivity contribution in [2.75, 3.05) is 25.0 Å². The molecule has 0 atom stereocenters. The van der Waals surface area contributed by atoms with E-state index in [0.717, 1.165) is 27.5 Å². The van der Waals surface area contributed by atoms with Crippen molar-refractivity contribution in [1.82, 2.24) is 29.4 Å². The highest BCUT2D eigenvalue weighted by Crippen LogP contribution is 2.31. The number of anilines is 1. The van der Waals surface area contributed by atoms with Crippen LogP contribution in [0.5, 0.6) is 0 Å². The van der Waals surface area contributed by atoms with Crippen LogP contribution in [0.3, 0.4) is 0 Å². The van der Waals surface area contributed by atoms with Crippen molar-refractivity contribution >= 4 is 33.7 Å². The predicted molar refractivity (Wildman–Crippen MR) is 134 cm³/mol. The van der Waals surface area contributed by atoms with E-state index in [1.807, 2.05) is 48.7 Å². The van der Waals surface area contributed by atoms with Gasteiger partial charge >= 0.3 is 5.69 Å². The second-order valence-corrected chi connectivity index (χ2v) is 8.84. The van der Waals surface area contributed by atoms with Crippen molar-refractivity contribution in [3.05, 3.63) is 65.5 Å². The average Bonchev–Trinajstić information content (AvgIpc) is 3.60. The van der Waals surface area contributed by atoms with Crippen LogP contribution in [0.1, 0.15) is 12.8 Å². The van der Waals surface area contributed by atoms with Gasteiger partial charge in [-0.3, -0.25) is 14.3 Å². The van der Waals surface area contributed by atoms with Crippen LogP contribution in [-0.4, -0.2) is 66.2 Å². The van der Waals surface area contributed by atoms with Crippen molar-refractivity contribution in [3.8, 4) is 16.9 Å². The Morgan fingerprint density at radius 3 is 2.80 bits per heavy atom. The third-order valence-corrected chi connectivity index (χ3v) is 6.62. The molecule has 6 rings (SSSR count). The number of hydrogen-bond donors (Lipinski definition) is 5. The summed E-state index contributed by atoms with van der Waals surface area (Å²) in [6, 6.07) is 13.5. The van der Waals surface area contributed by atoms with Gasteiger partial charge in [-0.15, -0.1) is 0 Å². The number of nitrogens with one attached hydrogen (secondary N) is 4. The number of aromatic amines is 3. The molecular formula is C25H25N7O3. The van der Waals surface area contributed by atoms with E-state index in [4.69, 9.17) is 0 Å². The maximum Gasteiger partial charge on any atom is 0.332 e. The lowest BCUT2D eigenvalue weighted by Gasteiger charge is -2.29. The molecule has 1 amide bonds. The number of benzene rings is 2. The molecule has 5 aromatic rings. The molecule has 0 unspecified atom stereocenters. The zero-order valence-corrected chi connectivity index (χ0v) is 18.9. The number of aromatic nitrogens is 5. The Morgan fingerprint density at radius 1 is 1.09 bits per heavy atom. The van der Waals surface area contributed by atoms with Crippen molar-refractivity contribution in [2.45, 2.75) is 18.9 Å². The lowest BCUT2D eigenvalue weighted by Crippen LogP contribution is -2.42. The van der Waals surface area contributed by atoms with Gasteiger partial charge in [0.25, 0.3) is 0 Å². The van der Waals surface area contributed by atoms with Crippen LogP contribution in [0.4, 0.5) is 5.82 Å². The first kappa shape index (κ1) is 21.2. The monoisotopic (exact) mass is 471 g/mol. The summed E-state index contributed by atoms with van der Waals surface area (Å²) >= 11 is 0.